The average molecular weight is 444 g/mol. The number of aliphatic hydroxyl groups excluding tert-OH is 1. The first-order valence-corrected chi connectivity index (χ1v) is 12.5. The third kappa shape index (κ3) is 3.70. The second kappa shape index (κ2) is 7.87. The Hall–Kier alpha value is -2.52. The van der Waals surface area contributed by atoms with Crippen LogP contribution in [0.3, 0.4) is 0 Å². The Balaban J connectivity index is 1.87. The van der Waals surface area contributed by atoms with Crippen molar-refractivity contribution in [2.45, 2.75) is 58.2 Å². The van der Waals surface area contributed by atoms with Gasteiger partial charge in [0, 0.05) is 36.8 Å². The summed E-state index contributed by atoms with van der Waals surface area (Å²) in [6, 6.07) is 3.64. The Morgan fingerprint density at radius 3 is 2.52 bits per heavy atom. The van der Waals surface area contributed by atoms with Crippen molar-refractivity contribution in [2.75, 3.05) is 17.7 Å². The molecule has 2 aromatic heterocycles. The molecule has 3 heterocycles. The predicted molar refractivity (Wildman–Crippen MR) is 120 cm³/mol. The minimum atomic E-state index is -3.33. The summed E-state index contributed by atoms with van der Waals surface area (Å²) < 4.78 is 26.9. The van der Waals surface area contributed by atoms with Gasteiger partial charge in [0.2, 0.25) is 5.95 Å². The minimum Gasteiger partial charge on any atom is -0.392 e. The molecule has 9 heteroatoms. The first-order chi connectivity index (χ1) is 14.7. The number of hydrogen-bond donors (Lipinski definition) is 1. The zero-order valence-corrected chi connectivity index (χ0v) is 19.4. The van der Waals surface area contributed by atoms with Gasteiger partial charge < -0.3 is 14.6 Å². The van der Waals surface area contributed by atoms with Crippen molar-refractivity contribution >= 4 is 26.8 Å². The molecule has 0 fully saturated rings. The van der Waals surface area contributed by atoms with Gasteiger partial charge in [-0.25, -0.2) is 23.4 Å². The Morgan fingerprint density at radius 1 is 1.19 bits per heavy atom. The Kier molecular flexibility index (Phi) is 5.51. The lowest BCUT2D eigenvalue weighted by Crippen LogP contribution is -2.42. The van der Waals surface area contributed by atoms with Crippen LogP contribution in [0.25, 0.3) is 11.0 Å². The molecule has 1 atom stereocenters. The van der Waals surface area contributed by atoms with Crippen LogP contribution in [0, 0.1) is 12.8 Å². The lowest BCUT2D eigenvalue weighted by atomic mass is 10.00. The molecule has 1 aliphatic rings. The maximum Gasteiger partial charge on any atom is 0.226 e. The highest BCUT2D eigenvalue weighted by Crippen LogP contribution is 2.37. The van der Waals surface area contributed by atoms with E-state index < -0.39 is 9.84 Å². The first kappa shape index (κ1) is 21.7. The summed E-state index contributed by atoms with van der Waals surface area (Å²) in [5, 5.41) is 9.44. The normalized spacial score (nSPS) is 16.9. The average Bonchev–Trinajstić information content (AvgIpc) is 3.08. The van der Waals surface area contributed by atoms with Crippen molar-refractivity contribution in [1.29, 1.82) is 0 Å². The van der Waals surface area contributed by atoms with Crippen LogP contribution < -0.4 is 4.90 Å². The Bertz CT molecular complexity index is 1250. The van der Waals surface area contributed by atoms with E-state index in [1.807, 2.05) is 19.9 Å². The maximum absolute atomic E-state index is 12.4. The second-order valence-electron chi connectivity index (χ2n) is 8.52. The summed E-state index contributed by atoms with van der Waals surface area (Å²) in [6.07, 6.45) is 3.57. The number of fused-ring (bicyclic) bond motifs is 3. The number of anilines is 1. The number of aromatic nitrogens is 4. The van der Waals surface area contributed by atoms with Crippen LogP contribution >= 0.6 is 0 Å². The van der Waals surface area contributed by atoms with Gasteiger partial charge in [0.05, 0.1) is 28.6 Å². The fourth-order valence-electron chi connectivity index (χ4n) is 4.44. The van der Waals surface area contributed by atoms with Crippen LogP contribution in [0.4, 0.5) is 5.95 Å². The monoisotopic (exact) mass is 443 g/mol. The van der Waals surface area contributed by atoms with Gasteiger partial charge in [-0.2, -0.15) is 0 Å². The Labute approximate surface area is 182 Å². The summed E-state index contributed by atoms with van der Waals surface area (Å²) in [7, 11) is -3.33. The summed E-state index contributed by atoms with van der Waals surface area (Å²) in [6.45, 7) is 9.37. The molecule has 3 aromatic rings. The third-order valence-electron chi connectivity index (χ3n) is 6.03. The van der Waals surface area contributed by atoms with Gasteiger partial charge in [-0.15, -0.1) is 0 Å². The molecule has 166 valence electrons. The predicted octanol–water partition coefficient (Wildman–Crippen LogP) is 2.81. The molecular formula is C22H29N5O3S. The van der Waals surface area contributed by atoms with Crippen LogP contribution in [0.5, 0.6) is 0 Å². The minimum absolute atomic E-state index is 0.0488. The van der Waals surface area contributed by atoms with Crippen LogP contribution in [-0.2, 0) is 29.4 Å². The van der Waals surface area contributed by atoms with E-state index in [4.69, 9.17) is 4.98 Å². The van der Waals surface area contributed by atoms with Gasteiger partial charge >= 0.3 is 0 Å². The quantitative estimate of drug-likeness (QED) is 0.647. The number of sulfone groups is 1. The number of aryl methyl sites for hydroxylation is 2. The Morgan fingerprint density at radius 2 is 1.94 bits per heavy atom. The highest BCUT2D eigenvalue weighted by atomic mass is 32.2. The van der Waals surface area contributed by atoms with Crippen molar-refractivity contribution in [3.8, 4) is 0 Å². The zero-order chi connectivity index (χ0) is 22.5. The van der Waals surface area contributed by atoms with E-state index in [-0.39, 0.29) is 18.6 Å². The van der Waals surface area contributed by atoms with E-state index in [1.165, 1.54) is 6.26 Å². The molecule has 0 unspecified atom stereocenters. The highest BCUT2D eigenvalue weighted by molar-refractivity contribution is 7.90. The fourth-order valence-corrected chi connectivity index (χ4v) is 5.44. The smallest absolute Gasteiger partial charge is 0.226 e. The van der Waals surface area contributed by atoms with Crippen LogP contribution in [0.1, 0.15) is 49.5 Å². The molecule has 0 radical (unpaired) electrons. The first-order valence-electron chi connectivity index (χ1n) is 10.6. The van der Waals surface area contributed by atoms with Crippen molar-refractivity contribution in [3.05, 3.63) is 41.0 Å². The van der Waals surface area contributed by atoms with Gasteiger partial charge in [0.25, 0.3) is 0 Å². The second-order valence-corrected chi connectivity index (χ2v) is 10.5. The molecule has 0 saturated carbocycles. The van der Waals surface area contributed by atoms with Crippen LogP contribution in [0.15, 0.2) is 23.2 Å². The fraction of sp³-hybridized carbons (Fsp3) is 0.500. The number of imidazole rings is 1. The number of aliphatic hydroxyl groups is 1. The maximum atomic E-state index is 12.4. The largest absolute Gasteiger partial charge is 0.392 e. The molecule has 8 nitrogen and oxygen atoms in total. The molecule has 0 saturated heterocycles. The van der Waals surface area contributed by atoms with Gasteiger partial charge in [0.1, 0.15) is 5.82 Å². The van der Waals surface area contributed by atoms with Crippen molar-refractivity contribution < 1.29 is 13.5 Å². The number of rotatable bonds is 5. The molecule has 0 spiro atoms. The number of hydrogen-bond acceptors (Lipinski definition) is 7. The van der Waals surface area contributed by atoms with E-state index in [0.717, 1.165) is 33.7 Å². The molecule has 0 aliphatic carbocycles. The molecule has 1 aliphatic heterocycles. The van der Waals surface area contributed by atoms with Gasteiger partial charge in [-0.3, -0.25) is 0 Å². The van der Waals surface area contributed by atoms with Crippen LogP contribution in [0.2, 0.25) is 0 Å². The molecule has 31 heavy (non-hydrogen) atoms. The molecule has 1 aromatic carbocycles. The summed E-state index contributed by atoms with van der Waals surface area (Å²) in [5.74, 6) is 1.76. The van der Waals surface area contributed by atoms with Crippen molar-refractivity contribution in [2.24, 2.45) is 5.92 Å². The number of benzene rings is 1. The third-order valence-corrected chi connectivity index (χ3v) is 7.21. The van der Waals surface area contributed by atoms with Gasteiger partial charge in [-0.05, 0) is 37.0 Å². The van der Waals surface area contributed by atoms with E-state index in [1.54, 1.807) is 12.3 Å². The van der Waals surface area contributed by atoms with Crippen molar-refractivity contribution in [3.63, 3.8) is 0 Å². The molecule has 1 N–H and O–H groups in total. The van der Waals surface area contributed by atoms with E-state index >= 15 is 0 Å². The zero-order valence-electron chi connectivity index (χ0n) is 18.6. The van der Waals surface area contributed by atoms with E-state index in [2.05, 4.69) is 33.3 Å². The molecular weight excluding hydrogens is 414 g/mol. The lowest BCUT2D eigenvalue weighted by Gasteiger charge is -2.38. The molecule has 0 bridgehead atoms. The number of nitrogens with zero attached hydrogens (tertiary/aromatic N) is 5. The van der Waals surface area contributed by atoms with Gasteiger partial charge in [-0.1, -0.05) is 20.8 Å². The van der Waals surface area contributed by atoms with Gasteiger partial charge in [0.15, 0.2) is 9.84 Å². The summed E-state index contributed by atoms with van der Waals surface area (Å²) >= 11 is 0. The molecule has 0 amide bonds. The van der Waals surface area contributed by atoms with E-state index in [9.17, 15) is 13.5 Å². The SMILES string of the molecule is CCc1cc2nc3n(c2cc1S(C)(=O)=O)CCN(c1ncc(CO)c(C)n1)[C@H]3C(C)C. The summed E-state index contributed by atoms with van der Waals surface area (Å²) in [5.41, 5.74) is 3.95. The van der Waals surface area contributed by atoms with E-state index in [0.29, 0.717) is 30.4 Å². The van der Waals surface area contributed by atoms with Crippen LogP contribution in [-0.4, -0.2) is 45.8 Å². The molecule has 4 rings (SSSR count). The summed E-state index contributed by atoms with van der Waals surface area (Å²) in [4.78, 5) is 16.6. The standard InChI is InChI=1S/C22H29N5O3S/c1-6-15-9-17-18(10-19(15)31(5,29)30)26-7-8-27(20(13(2)3)21(26)25-17)22-23-11-16(12-28)14(4)24-22/h9-11,13,20,28H,6-8,12H2,1-5H3/t20-/m0/s1. The lowest BCUT2D eigenvalue weighted by molar-refractivity contribution is 0.280. The topological polar surface area (TPSA) is 101 Å². The highest BCUT2D eigenvalue weighted by Gasteiger charge is 2.35. The van der Waals surface area contributed by atoms with Crippen molar-refractivity contribution in [1.82, 2.24) is 19.5 Å².